The molecule has 0 aromatic heterocycles. The van der Waals surface area contributed by atoms with Gasteiger partial charge in [-0.1, -0.05) is 45.0 Å². The summed E-state index contributed by atoms with van der Waals surface area (Å²) in [5, 5.41) is 5.67. The molecule has 1 atom stereocenters. The summed E-state index contributed by atoms with van der Waals surface area (Å²) >= 11 is 0. The van der Waals surface area contributed by atoms with Gasteiger partial charge in [-0.15, -0.1) is 0 Å². The Morgan fingerprint density at radius 3 is 2.30 bits per heavy atom. The van der Waals surface area contributed by atoms with Crippen LogP contribution in [0.25, 0.3) is 0 Å². The number of anilines is 1. The maximum absolute atomic E-state index is 12.4. The van der Waals surface area contributed by atoms with Crippen LogP contribution >= 0.6 is 0 Å². The van der Waals surface area contributed by atoms with E-state index in [1.54, 1.807) is 24.3 Å². The topological polar surface area (TPSA) is 67.4 Å². The molecule has 2 aromatic carbocycles. The average molecular weight is 368 g/mol. The van der Waals surface area contributed by atoms with Gasteiger partial charge in [0.2, 0.25) is 0 Å². The van der Waals surface area contributed by atoms with Crippen molar-refractivity contribution in [2.75, 3.05) is 11.9 Å². The summed E-state index contributed by atoms with van der Waals surface area (Å²) in [6, 6.07) is 14.7. The lowest BCUT2D eigenvalue weighted by atomic mass is 10.0. The van der Waals surface area contributed by atoms with Crippen LogP contribution in [-0.4, -0.2) is 24.5 Å². The Balaban J connectivity index is 1.96. The van der Waals surface area contributed by atoms with E-state index in [1.165, 1.54) is 5.56 Å². The van der Waals surface area contributed by atoms with Crippen molar-refractivity contribution in [2.45, 2.75) is 46.1 Å². The van der Waals surface area contributed by atoms with E-state index in [1.807, 2.05) is 38.1 Å². The van der Waals surface area contributed by atoms with E-state index in [0.29, 0.717) is 22.9 Å². The lowest BCUT2D eigenvalue weighted by molar-refractivity contribution is -0.118. The van der Waals surface area contributed by atoms with Crippen molar-refractivity contribution < 1.29 is 14.3 Å². The van der Waals surface area contributed by atoms with Gasteiger partial charge in [-0.05, 0) is 49.1 Å². The third-order valence-corrected chi connectivity index (χ3v) is 4.35. The largest absolute Gasteiger partial charge is 0.484 e. The highest BCUT2D eigenvalue weighted by molar-refractivity contribution is 6.04. The highest BCUT2D eigenvalue weighted by Gasteiger charge is 2.14. The van der Waals surface area contributed by atoms with Gasteiger partial charge < -0.3 is 15.4 Å². The first-order chi connectivity index (χ1) is 12.9. The third-order valence-electron chi connectivity index (χ3n) is 4.35. The molecule has 0 saturated heterocycles. The zero-order valence-corrected chi connectivity index (χ0v) is 16.4. The molecule has 0 radical (unpaired) electrons. The fraction of sp³-hybridized carbons (Fsp3) is 0.364. The summed E-state index contributed by atoms with van der Waals surface area (Å²) in [7, 11) is 0. The molecule has 0 bridgehead atoms. The number of ether oxygens (including phenoxy) is 1. The minimum Gasteiger partial charge on any atom is -0.484 e. The van der Waals surface area contributed by atoms with E-state index in [2.05, 4.69) is 24.5 Å². The molecule has 5 heteroatoms. The van der Waals surface area contributed by atoms with Crippen LogP contribution in [0.15, 0.2) is 48.5 Å². The van der Waals surface area contributed by atoms with E-state index in [-0.39, 0.29) is 24.5 Å². The van der Waals surface area contributed by atoms with Crippen molar-refractivity contribution >= 4 is 17.5 Å². The van der Waals surface area contributed by atoms with Gasteiger partial charge in [-0.25, -0.2) is 0 Å². The zero-order valence-electron chi connectivity index (χ0n) is 16.4. The first-order valence-corrected chi connectivity index (χ1v) is 9.33. The minimum atomic E-state index is -0.313. The second kappa shape index (κ2) is 9.76. The van der Waals surface area contributed by atoms with E-state index in [0.717, 1.165) is 6.42 Å². The molecule has 5 nitrogen and oxygen atoms in total. The molecule has 0 fully saturated rings. The third kappa shape index (κ3) is 6.13. The van der Waals surface area contributed by atoms with Gasteiger partial charge >= 0.3 is 0 Å². The number of carbonyl (C=O) groups is 2. The molecule has 0 aliphatic carbocycles. The Bertz CT molecular complexity index is 769. The molecule has 1 unspecified atom stereocenters. The predicted octanol–water partition coefficient (Wildman–Crippen LogP) is 4.36. The molecule has 0 aliphatic heterocycles. The lowest BCUT2D eigenvalue weighted by Crippen LogP contribution is -2.33. The summed E-state index contributed by atoms with van der Waals surface area (Å²) in [5.41, 5.74) is 2.13. The summed E-state index contributed by atoms with van der Waals surface area (Å²) in [4.78, 5) is 24.6. The molecule has 2 amide bonds. The molecule has 0 aliphatic rings. The highest BCUT2D eigenvalue weighted by Crippen LogP contribution is 2.19. The van der Waals surface area contributed by atoms with Gasteiger partial charge in [0.15, 0.2) is 6.61 Å². The number of benzene rings is 2. The Hall–Kier alpha value is -2.82. The maximum atomic E-state index is 12.4. The van der Waals surface area contributed by atoms with Crippen molar-refractivity contribution in [3.05, 3.63) is 59.7 Å². The van der Waals surface area contributed by atoms with E-state index in [4.69, 9.17) is 4.74 Å². The van der Waals surface area contributed by atoms with Gasteiger partial charge in [0.1, 0.15) is 5.75 Å². The number of hydrogen-bond donors (Lipinski definition) is 2. The van der Waals surface area contributed by atoms with Crippen LogP contribution in [0.4, 0.5) is 5.69 Å². The van der Waals surface area contributed by atoms with Gasteiger partial charge in [-0.3, -0.25) is 9.59 Å². The van der Waals surface area contributed by atoms with Crippen molar-refractivity contribution in [3.8, 4) is 5.75 Å². The Labute approximate surface area is 161 Å². The van der Waals surface area contributed by atoms with E-state index >= 15 is 0 Å². The number of rotatable bonds is 8. The average Bonchev–Trinajstić information content (AvgIpc) is 2.66. The Morgan fingerprint density at radius 2 is 1.67 bits per heavy atom. The lowest BCUT2D eigenvalue weighted by Gasteiger charge is -2.15. The number of amides is 2. The summed E-state index contributed by atoms with van der Waals surface area (Å²) in [5.74, 6) is 0.565. The minimum absolute atomic E-state index is 0.0680. The van der Waals surface area contributed by atoms with E-state index < -0.39 is 0 Å². The smallest absolute Gasteiger partial charge is 0.262 e. The van der Waals surface area contributed by atoms with Gasteiger partial charge in [0, 0.05) is 6.04 Å². The van der Waals surface area contributed by atoms with Crippen LogP contribution < -0.4 is 15.4 Å². The van der Waals surface area contributed by atoms with E-state index in [9.17, 15) is 9.59 Å². The van der Waals surface area contributed by atoms with Crippen LogP contribution in [0.3, 0.4) is 0 Å². The van der Waals surface area contributed by atoms with Crippen LogP contribution in [-0.2, 0) is 4.79 Å². The number of nitrogens with one attached hydrogen (secondary N) is 2. The molecule has 0 saturated carbocycles. The van der Waals surface area contributed by atoms with Crippen molar-refractivity contribution in [1.29, 1.82) is 0 Å². The Kier molecular flexibility index (Phi) is 7.41. The molecule has 2 aromatic rings. The fourth-order valence-corrected chi connectivity index (χ4v) is 2.48. The maximum Gasteiger partial charge on any atom is 0.262 e. The monoisotopic (exact) mass is 368 g/mol. The van der Waals surface area contributed by atoms with Crippen molar-refractivity contribution in [3.63, 3.8) is 0 Å². The first-order valence-electron chi connectivity index (χ1n) is 9.33. The van der Waals surface area contributed by atoms with Crippen LogP contribution in [0, 0.1) is 0 Å². The van der Waals surface area contributed by atoms with Gasteiger partial charge in [0.05, 0.1) is 11.3 Å². The number of para-hydroxylation sites is 1. The standard InChI is InChI=1S/C22H28N2O3/c1-5-16(4)23-22(26)19-8-6-7-9-20(19)24-21(25)14-27-18-12-10-17(11-13-18)15(2)3/h6-13,15-16H,5,14H2,1-4H3,(H,23,26)(H,24,25). The SMILES string of the molecule is CCC(C)NC(=O)c1ccccc1NC(=O)COc1ccc(C(C)C)cc1. The molecular weight excluding hydrogens is 340 g/mol. The second-order valence-corrected chi connectivity index (χ2v) is 6.89. The molecule has 0 spiro atoms. The van der Waals surface area contributed by atoms with Crippen LogP contribution in [0.1, 0.15) is 56.0 Å². The molecule has 0 heterocycles. The predicted molar refractivity (Wildman–Crippen MR) is 108 cm³/mol. The normalized spacial score (nSPS) is 11.7. The molecule has 2 N–H and O–H groups in total. The summed E-state index contributed by atoms with van der Waals surface area (Å²) in [6.45, 7) is 8.07. The molecule has 144 valence electrons. The van der Waals surface area contributed by atoms with Crippen LogP contribution in [0.2, 0.25) is 0 Å². The van der Waals surface area contributed by atoms with Gasteiger partial charge in [-0.2, -0.15) is 0 Å². The fourth-order valence-electron chi connectivity index (χ4n) is 2.48. The highest BCUT2D eigenvalue weighted by atomic mass is 16.5. The van der Waals surface area contributed by atoms with Crippen molar-refractivity contribution in [1.82, 2.24) is 5.32 Å². The van der Waals surface area contributed by atoms with Crippen LogP contribution in [0.5, 0.6) is 5.75 Å². The second-order valence-electron chi connectivity index (χ2n) is 6.89. The molecular formula is C22H28N2O3. The number of carbonyl (C=O) groups excluding carboxylic acids is 2. The molecule has 2 rings (SSSR count). The quantitative estimate of drug-likeness (QED) is 0.728. The zero-order chi connectivity index (χ0) is 19.8. The first kappa shape index (κ1) is 20.5. The Morgan fingerprint density at radius 1 is 1.00 bits per heavy atom. The summed E-state index contributed by atoms with van der Waals surface area (Å²) in [6.07, 6.45) is 0.837. The van der Waals surface area contributed by atoms with Crippen molar-refractivity contribution in [2.24, 2.45) is 0 Å². The van der Waals surface area contributed by atoms with Gasteiger partial charge in [0.25, 0.3) is 11.8 Å². The number of hydrogen-bond acceptors (Lipinski definition) is 3. The summed E-state index contributed by atoms with van der Waals surface area (Å²) < 4.78 is 5.54. The molecule has 27 heavy (non-hydrogen) atoms.